The van der Waals surface area contributed by atoms with Crippen LogP contribution in [0.5, 0.6) is 0 Å². The van der Waals surface area contributed by atoms with Crippen molar-refractivity contribution < 1.29 is 4.39 Å². The zero-order valence-corrected chi connectivity index (χ0v) is 16.8. The minimum atomic E-state index is -0.472. The number of H-pyrrole nitrogens is 1. The van der Waals surface area contributed by atoms with E-state index in [9.17, 15) is 9.18 Å². The number of hydrogen-bond donors (Lipinski definition) is 4. The summed E-state index contributed by atoms with van der Waals surface area (Å²) in [5, 5.41) is 0. The Bertz CT molecular complexity index is 1210. The van der Waals surface area contributed by atoms with Crippen LogP contribution in [0.4, 0.5) is 10.1 Å². The Balaban J connectivity index is 1.69. The number of anilines is 1. The lowest BCUT2D eigenvalue weighted by molar-refractivity contribution is 0.590. The summed E-state index contributed by atoms with van der Waals surface area (Å²) in [7, 11) is 0. The molecular weight excluding hydrogens is 395 g/mol. The molecule has 0 radical (unpaired) electrons. The van der Waals surface area contributed by atoms with Crippen LogP contribution in [0, 0.1) is 5.82 Å². The predicted octanol–water partition coefficient (Wildman–Crippen LogP) is 3.03. The van der Waals surface area contributed by atoms with Gasteiger partial charge >= 0.3 is 0 Å². The number of nitrogens with one attached hydrogen (secondary N) is 1. The number of allylic oxidation sites excluding steroid dienone is 3. The summed E-state index contributed by atoms with van der Waals surface area (Å²) in [5.74, 6) is -0.610. The highest BCUT2D eigenvalue weighted by Gasteiger charge is 2.24. The Labute approximate surface area is 178 Å². The topological polar surface area (TPSA) is 137 Å². The number of hydrogen-bond acceptors (Lipinski definition) is 6. The lowest BCUT2D eigenvalue weighted by Crippen LogP contribution is -2.19. The van der Waals surface area contributed by atoms with Crippen molar-refractivity contribution in [3.8, 4) is 11.3 Å². The molecule has 7 nitrogen and oxygen atoms in total. The van der Waals surface area contributed by atoms with Gasteiger partial charge in [0.05, 0.1) is 23.1 Å². The first-order valence-electron chi connectivity index (χ1n) is 9.95. The van der Waals surface area contributed by atoms with Crippen LogP contribution < -0.4 is 22.8 Å². The van der Waals surface area contributed by atoms with Crippen LogP contribution >= 0.6 is 0 Å². The molecule has 0 spiro atoms. The van der Waals surface area contributed by atoms with Gasteiger partial charge in [-0.25, -0.2) is 9.37 Å². The number of nitrogens with two attached hydrogens (primary N) is 3. The van der Waals surface area contributed by atoms with E-state index < -0.39 is 5.82 Å². The first-order chi connectivity index (χ1) is 14.9. The molecule has 0 fully saturated rings. The molecule has 0 saturated carbocycles. The van der Waals surface area contributed by atoms with E-state index in [4.69, 9.17) is 22.2 Å². The number of rotatable bonds is 4. The molecule has 4 rings (SSSR count). The highest BCUT2D eigenvalue weighted by Crippen LogP contribution is 2.36. The Morgan fingerprint density at radius 2 is 2.03 bits per heavy atom. The molecule has 1 aromatic carbocycles. The van der Waals surface area contributed by atoms with Gasteiger partial charge in [-0.05, 0) is 49.1 Å². The molecule has 7 N–H and O–H groups in total. The molecule has 1 atom stereocenters. The van der Waals surface area contributed by atoms with Crippen molar-refractivity contribution in [1.82, 2.24) is 15.0 Å². The first-order valence-corrected chi connectivity index (χ1v) is 9.95. The van der Waals surface area contributed by atoms with Gasteiger partial charge in [0, 0.05) is 47.0 Å². The zero-order valence-electron chi connectivity index (χ0n) is 16.8. The Hall–Kier alpha value is -3.94. The number of nitrogen functional groups attached to an aromatic ring is 1. The molecule has 8 heteroatoms. The van der Waals surface area contributed by atoms with Crippen molar-refractivity contribution in [3.05, 3.63) is 93.7 Å². The smallest absolute Gasteiger partial charge is 0.247 e. The van der Waals surface area contributed by atoms with Gasteiger partial charge < -0.3 is 22.2 Å². The summed E-state index contributed by atoms with van der Waals surface area (Å²) in [6.07, 6.45) is 9.05. The number of aromatic nitrogens is 3. The lowest BCUT2D eigenvalue weighted by Gasteiger charge is -2.25. The van der Waals surface area contributed by atoms with Crippen LogP contribution in [0.3, 0.4) is 0 Å². The van der Waals surface area contributed by atoms with Gasteiger partial charge in [-0.2, -0.15) is 0 Å². The van der Waals surface area contributed by atoms with Gasteiger partial charge in [0.25, 0.3) is 0 Å². The lowest BCUT2D eigenvalue weighted by atomic mass is 9.84. The van der Waals surface area contributed by atoms with Crippen LogP contribution in [0.2, 0.25) is 0 Å². The SMILES string of the molecule is NC1=C(/C=C(\N)c2c(N)cccc2F)CCCC1c1cncc(-c2ccc(=O)[nH]c2)n1. The highest BCUT2D eigenvalue weighted by molar-refractivity contribution is 5.75. The fraction of sp³-hybridized carbons (Fsp3) is 0.174. The predicted molar refractivity (Wildman–Crippen MR) is 119 cm³/mol. The van der Waals surface area contributed by atoms with Crippen LogP contribution in [0.1, 0.15) is 36.4 Å². The fourth-order valence-electron chi connectivity index (χ4n) is 3.85. The maximum absolute atomic E-state index is 14.2. The van der Waals surface area contributed by atoms with Crippen LogP contribution in [-0.4, -0.2) is 15.0 Å². The second kappa shape index (κ2) is 8.43. The van der Waals surface area contributed by atoms with E-state index >= 15 is 0 Å². The average Bonchev–Trinajstić information content (AvgIpc) is 2.76. The van der Waals surface area contributed by atoms with Crippen molar-refractivity contribution >= 4 is 11.4 Å². The third-order valence-corrected chi connectivity index (χ3v) is 5.44. The minimum Gasteiger partial charge on any atom is -0.401 e. The summed E-state index contributed by atoms with van der Waals surface area (Å²) in [6, 6.07) is 7.61. The Morgan fingerprint density at radius 3 is 2.77 bits per heavy atom. The second-order valence-corrected chi connectivity index (χ2v) is 7.50. The largest absolute Gasteiger partial charge is 0.401 e. The van der Waals surface area contributed by atoms with Crippen molar-refractivity contribution in [3.63, 3.8) is 0 Å². The molecule has 158 valence electrons. The summed E-state index contributed by atoms with van der Waals surface area (Å²) in [6.45, 7) is 0. The van der Waals surface area contributed by atoms with Crippen LogP contribution in [0.25, 0.3) is 17.0 Å². The molecule has 1 unspecified atom stereocenters. The van der Waals surface area contributed by atoms with Gasteiger partial charge in [0.1, 0.15) is 5.82 Å². The monoisotopic (exact) mass is 418 g/mol. The maximum atomic E-state index is 14.2. The Kier molecular flexibility index (Phi) is 5.53. The van der Waals surface area contributed by atoms with E-state index in [2.05, 4.69) is 9.97 Å². The number of pyridine rings is 1. The van der Waals surface area contributed by atoms with E-state index in [0.29, 0.717) is 11.4 Å². The number of aromatic amines is 1. The second-order valence-electron chi connectivity index (χ2n) is 7.50. The number of benzene rings is 1. The van der Waals surface area contributed by atoms with Gasteiger partial charge in [-0.15, -0.1) is 0 Å². The molecule has 1 aliphatic rings. The van der Waals surface area contributed by atoms with Crippen molar-refractivity contribution in [2.75, 3.05) is 5.73 Å². The molecule has 0 bridgehead atoms. The summed E-state index contributed by atoms with van der Waals surface area (Å²) in [4.78, 5) is 23.0. The minimum absolute atomic E-state index is 0.138. The third-order valence-electron chi connectivity index (χ3n) is 5.44. The van der Waals surface area contributed by atoms with Gasteiger partial charge in [-0.3, -0.25) is 9.78 Å². The summed E-state index contributed by atoms with van der Waals surface area (Å²) >= 11 is 0. The van der Waals surface area contributed by atoms with Crippen LogP contribution in [-0.2, 0) is 0 Å². The third kappa shape index (κ3) is 4.18. The zero-order chi connectivity index (χ0) is 22.0. The molecule has 0 saturated heterocycles. The quantitative estimate of drug-likeness (QED) is 0.481. The highest BCUT2D eigenvalue weighted by atomic mass is 19.1. The number of nitrogens with zero attached hydrogens (tertiary/aromatic N) is 2. The molecule has 3 aromatic rings. The van der Waals surface area contributed by atoms with Gasteiger partial charge in [-0.1, -0.05) is 6.07 Å². The van der Waals surface area contributed by atoms with E-state index in [-0.39, 0.29) is 28.4 Å². The van der Waals surface area contributed by atoms with Gasteiger partial charge in [0.2, 0.25) is 5.56 Å². The van der Waals surface area contributed by atoms with E-state index in [0.717, 1.165) is 36.1 Å². The normalized spacial score (nSPS) is 17.1. The number of halogens is 1. The van der Waals surface area contributed by atoms with Crippen LogP contribution in [0.15, 0.2) is 71.1 Å². The molecule has 31 heavy (non-hydrogen) atoms. The molecule has 2 aromatic heterocycles. The van der Waals surface area contributed by atoms with Gasteiger partial charge in [0.15, 0.2) is 0 Å². The molecule has 1 aliphatic carbocycles. The molecular formula is C23H23FN6O. The van der Waals surface area contributed by atoms with E-state index in [1.807, 2.05) is 0 Å². The van der Waals surface area contributed by atoms with Crippen molar-refractivity contribution in [2.24, 2.45) is 11.5 Å². The summed E-state index contributed by atoms with van der Waals surface area (Å²) in [5.41, 5.74) is 22.7. The van der Waals surface area contributed by atoms with Crippen molar-refractivity contribution in [2.45, 2.75) is 25.2 Å². The van der Waals surface area contributed by atoms with E-state index in [1.54, 1.807) is 42.9 Å². The maximum Gasteiger partial charge on any atom is 0.247 e. The molecule has 0 aliphatic heterocycles. The molecule has 2 heterocycles. The van der Waals surface area contributed by atoms with E-state index in [1.165, 1.54) is 12.1 Å². The molecule has 0 amide bonds. The average molecular weight is 418 g/mol. The summed E-state index contributed by atoms with van der Waals surface area (Å²) < 4.78 is 14.2. The fourth-order valence-corrected chi connectivity index (χ4v) is 3.85. The standard InChI is InChI=1S/C23H23FN6O/c24-16-5-2-6-17(25)22(16)18(26)9-13-3-1-4-15(23(13)27)20-12-28-11-19(30-20)14-7-8-21(31)29-10-14/h2,5-12,15H,1,3-4,25-27H2,(H,29,31)/b18-9-. The first kappa shape index (κ1) is 20.3. The Morgan fingerprint density at radius 1 is 1.19 bits per heavy atom. The van der Waals surface area contributed by atoms with Crippen molar-refractivity contribution in [1.29, 1.82) is 0 Å².